The Morgan fingerprint density at radius 2 is 1.53 bits per heavy atom. The van der Waals surface area contributed by atoms with E-state index in [1.807, 2.05) is 30.3 Å². The Morgan fingerprint density at radius 1 is 1.00 bits per heavy atom. The lowest BCUT2D eigenvalue weighted by Crippen LogP contribution is -2.60. The Kier molecular flexibility index (Phi) is 5.63. The lowest BCUT2D eigenvalue weighted by molar-refractivity contribution is 0.121. The van der Waals surface area contributed by atoms with Crippen molar-refractivity contribution in [2.75, 3.05) is 32.4 Å². The fourth-order valence-electron chi connectivity index (χ4n) is 1.84. The molecule has 0 fully saturated rings. The molecule has 0 heterocycles. The van der Waals surface area contributed by atoms with Crippen molar-refractivity contribution in [1.82, 2.24) is 0 Å². The first-order valence-corrected chi connectivity index (χ1v) is 7.39. The van der Waals surface area contributed by atoms with Crippen molar-refractivity contribution in [3.8, 4) is 0 Å². The number of benzene rings is 1. The first-order valence-electron chi connectivity index (χ1n) is 5.72. The predicted octanol–water partition coefficient (Wildman–Crippen LogP) is 2.28. The van der Waals surface area contributed by atoms with Crippen LogP contribution < -0.4 is 4.57 Å². The lowest BCUT2D eigenvalue weighted by Gasteiger charge is -2.36. The summed E-state index contributed by atoms with van der Waals surface area (Å²) < 4.78 is 18.7. The van der Waals surface area contributed by atoms with Gasteiger partial charge in [-0.2, -0.15) is 0 Å². The number of hydrogen-bond donors (Lipinski definition) is 0. The Morgan fingerprint density at radius 3 is 1.94 bits per heavy atom. The highest BCUT2D eigenvalue weighted by atomic mass is 28.4. The van der Waals surface area contributed by atoms with Gasteiger partial charge in [-0.1, -0.05) is 25.1 Å². The van der Waals surface area contributed by atoms with Gasteiger partial charge in [0.1, 0.15) is 0 Å². The van der Waals surface area contributed by atoms with E-state index < -0.39 is 8.97 Å². The maximum absolute atomic E-state index is 5.53. The fraction of sp³-hybridized carbons (Fsp3) is 0.500. The lowest BCUT2D eigenvalue weighted by atomic mass is 10.3. The van der Waals surface area contributed by atoms with E-state index in [0.29, 0.717) is 0 Å². The topological polar surface area (TPSA) is 30.9 Å². The molecule has 0 saturated carbocycles. The molecule has 4 nitrogen and oxygen atoms in total. The summed E-state index contributed by atoms with van der Waals surface area (Å²) in [5.41, 5.74) is 1.06. The molecular formula is C12H21NO3Si. The van der Waals surface area contributed by atoms with Crippen LogP contribution in [0.3, 0.4) is 0 Å². The zero-order valence-electron chi connectivity index (χ0n) is 11.0. The van der Waals surface area contributed by atoms with E-state index >= 15 is 0 Å². The van der Waals surface area contributed by atoms with Crippen LogP contribution in [0.2, 0.25) is 0 Å². The molecule has 0 radical (unpaired) electrons. The zero-order valence-corrected chi connectivity index (χ0v) is 12.0. The van der Waals surface area contributed by atoms with Crippen molar-refractivity contribution in [1.29, 1.82) is 0 Å². The molecule has 1 aromatic rings. The molecule has 5 heteroatoms. The molecule has 0 aliphatic carbocycles. The largest absolute Gasteiger partial charge is 0.632 e. The highest BCUT2D eigenvalue weighted by Crippen LogP contribution is 2.23. The molecule has 0 aliphatic heterocycles. The molecule has 1 rings (SSSR count). The number of para-hydroxylation sites is 1. The number of nitrogens with zero attached hydrogens (tertiary/aromatic N) is 1. The van der Waals surface area contributed by atoms with E-state index in [-0.39, 0.29) is 0 Å². The van der Waals surface area contributed by atoms with Crippen molar-refractivity contribution < 1.29 is 13.3 Å². The Labute approximate surface area is 105 Å². The van der Waals surface area contributed by atoms with Gasteiger partial charge in [0.15, 0.2) is 0 Å². The maximum atomic E-state index is 5.53. The Bertz CT molecular complexity index is 309. The maximum Gasteiger partial charge on any atom is 0.632 e. The molecule has 96 valence electrons. The third-order valence-corrected chi connectivity index (χ3v) is 5.31. The SMILES string of the molecule is CCCN(c1ccccc1)[Si](OC)(OC)OC. The minimum absolute atomic E-state index is 0.839. The van der Waals surface area contributed by atoms with Crippen molar-refractivity contribution in [2.45, 2.75) is 13.3 Å². The van der Waals surface area contributed by atoms with Crippen LogP contribution in [-0.4, -0.2) is 36.8 Å². The van der Waals surface area contributed by atoms with Crippen molar-refractivity contribution >= 4 is 14.7 Å². The second-order valence-electron chi connectivity index (χ2n) is 3.62. The van der Waals surface area contributed by atoms with E-state index in [9.17, 15) is 0 Å². The monoisotopic (exact) mass is 255 g/mol. The van der Waals surface area contributed by atoms with Crippen LogP contribution in [0.15, 0.2) is 30.3 Å². The molecule has 0 N–H and O–H groups in total. The quantitative estimate of drug-likeness (QED) is 0.699. The highest BCUT2D eigenvalue weighted by Gasteiger charge is 2.46. The zero-order chi connectivity index (χ0) is 12.7. The van der Waals surface area contributed by atoms with Gasteiger partial charge in [-0.15, -0.1) is 0 Å². The summed E-state index contributed by atoms with van der Waals surface area (Å²) in [7, 11) is 2.11. The summed E-state index contributed by atoms with van der Waals surface area (Å²) in [6.45, 7) is 2.96. The average molecular weight is 255 g/mol. The molecule has 17 heavy (non-hydrogen) atoms. The average Bonchev–Trinajstić information content (AvgIpc) is 2.41. The van der Waals surface area contributed by atoms with Crippen LogP contribution in [0.25, 0.3) is 0 Å². The smallest absolute Gasteiger partial charge is 0.360 e. The molecule has 0 aromatic heterocycles. The van der Waals surface area contributed by atoms with Gasteiger partial charge in [-0.25, -0.2) is 0 Å². The summed E-state index contributed by atoms with van der Waals surface area (Å²) in [4.78, 5) is 0. The minimum Gasteiger partial charge on any atom is -0.360 e. The summed E-state index contributed by atoms with van der Waals surface area (Å²) in [5, 5.41) is 0. The molecule has 0 bridgehead atoms. The van der Waals surface area contributed by atoms with Crippen molar-refractivity contribution in [3.05, 3.63) is 30.3 Å². The van der Waals surface area contributed by atoms with Crippen LogP contribution >= 0.6 is 0 Å². The summed E-state index contributed by atoms with van der Waals surface area (Å²) in [5.74, 6) is 0. The van der Waals surface area contributed by atoms with Crippen molar-refractivity contribution in [2.24, 2.45) is 0 Å². The van der Waals surface area contributed by atoms with Gasteiger partial charge in [0, 0.05) is 33.6 Å². The third kappa shape index (κ3) is 3.07. The van der Waals surface area contributed by atoms with Crippen LogP contribution in [0, 0.1) is 0 Å². The van der Waals surface area contributed by atoms with Gasteiger partial charge in [-0.05, 0) is 18.6 Å². The standard InChI is InChI=1S/C12H21NO3Si/c1-5-11-13(12-9-7-6-8-10-12)17(14-2,15-3)16-4/h6-10H,5,11H2,1-4H3. The second-order valence-corrected chi connectivity index (χ2v) is 6.44. The molecule has 0 amide bonds. The first kappa shape index (κ1) is 14.2. The number of hydrogen-bond acceptors (Lipinski definition) is 4. The normalized spacial score (nSPS) is 11.5. The molecule has 1 aromatic carbocycles. The first-order chi connectivity index (χ1) is 8.24. The van der Waals surface area contributed by atoms with Gasteiger partial charge in [0.25, 0.3) is 0 Å². The van der Waals surface area contributed by atoms with Gasteiger partial charge < -0.3 is 17.8 Å². The highest BCUT2D eigenvalue weighted by molar-refractivity contribution is 6.65. The molecule has 0 atom stereocenters. The van der Waals surface area contributed by atoms with Crippen molar-refractivity contribution in [3.63, 3.8) is 0 Å². The van der Waals surface area contributed by atoms with E-state index in [0.717, 1.165) is 18.7 Å². The van der Waals surface area contributed by atoms with Gasteiger partial charge >= 0.3 is 8.97 Å². The van der Waals surface area contributed by atoms with E-state index in [1.165, 1.54) is 0 Å². The summed E-state index contributed by atoms with van der Waals surface area (Å²) in [6, 6.07) is 10.1. The molecule has 0 unspecified atom stereocenters. The van der Waals surface area contributed by atoms with E-state index in [4.69, 9.17) is 13.3 Å². The summed E-state index contributed by atoms with van der Waals surface area (Å²) >= 11 is 0. The molecular weight excluding hydrogens is 234 g/mol. The van der Waals surface area contributed by atoms with Gasteiger partial charge in [0.05, 0.1) is 0 Å². The van der Waals surface area contributed by atoms with Gasteiger partial charge in [0.2, 0.25) is 0 Å². The minimum atomic E-state index is -2.78. The Balaban J connectivity index is 3.07. The van der Waals surface area contributed by atoms with E-state index in [1.54, 1.807) is 21.3 Å². The third-order valence-electron chi connectivity index (χ3n) is 2.62. The molecule has 0 spiro atoms. The number of anilines is 1. The summed E-state index contributed by atoms with van der Waals surface area (Å²) in [6.07, 6.45) is 1.000. The molecule has 0 saturated heterocycles. The molecule has 0 aliphatic rings. The predicted molar refractivity (Wildman–Crippen MR) is 70.9 cm³/mol. The van der Waals surface area contributed by atoms with E-state index in [2.05, 4.69) is 11.5 Å². The van der Waals surface area contributed by atoms with Crippen LogP contribution in [-0.2, 0) is 13.3 Å². The van der Waals surface area contributed by atoms with Crippen LogP contribution in [0.5, 0.6) is 0 Å². The Hall–Kier alpha value is -0.883. The second kappa shape index (κ2) is 6.76. The van der Waals surface area contributed by atoms with Gasteiger partial charge in [-0.3, -0.25) is 0 Å². The fourth-order valence-corrected chi connectivity index (χ4v) is 3.96. The van der Waals surface area contributed by atoms with Crippen LogP contribution in [0.4, 0.5) is 5.69 Å². The van der Waals surface area contributed by atoms with Crippen LogP contribution in [0.1, 0.15) is 13.3 Å². The number of rotatable bonds is 7.